The van der Waals surface area contributed by atoms with Crippen LogP contribution in [0.5, 0.6) is 0 Å². The van der Waals surface area contributed by atoms with E-state index in [4.69, 9.17) is 5.73 Å². The molecule has 2 N–H and O–H groups in total. The Kier molecular flexibility index (Phi) is 2.73. The molecule has 2 aromatic heterocycles. The van der Waals surface area contributed by atoms with Crippen molar-refractivity contribution in [3.63, 3.8) is 0 Å². The van der Waals surface area contributed by atoms with Gasteiger partial charge in [0.1, 0.15) is 5.82 Å². The van der Waals surface area contributed by atoms with E-state index in [9.17, 15) is 0 Å². The predicted molar refractivity (Wildman–Crippen MR) is 57.0 cm³/mol. The first kappa shape index (κ1) is 9.79. The summed E-state index contributed by atoms with van der Waals surface area (Å²) in [7, 11) is 1.95. The Labute approximate surface area is 88.0 Å². The van der Waals surface area contributed by atoms with Gasteiger partial charge in [-0.15, -0.1) is 10.2 Å². The van der Waals surface area contributed by atoms with Gasteiger partial charge in [0.2, 0.25) is 0 Å². The minimum Gasteiger partial charge on any atom is -0.330 e. The Morgan fingerprint density at radius 3 is 2.67 bits per heavy atom. The van der Waals surface area contributed by atoms with Crippen LogP contribution in [0, 0.1) is 0 Å². The molecule has 0 fully saturated rings. The largest absolute Gasteiger partial charge is 0.330 e. The molecule has 0 aliphatic carbocycles. The molecule has 0 spiro atoms. The van der Waals surface area contributed by atoms with Crippen molar-refractivity contribution >= 4 is 0 Å². The minimum atomic E-state index is 0.586. The van der Waals surface area contributed by atoms with Gasteiger partial charge in [0.05, 0.1) is 0 Å². The van der Waals surface area contributed by atoms with E-state index in [2.05, 4.69) is 15.2 Å². The van der Waals surface area contributed by atoms with Gasteiger partial charge in [-0.3, -0.25) is 4.98 Å². The molecular weight excluding hydrogens is 190 g/mol. The Morgan fingerprint density at radius 1 is 1.27 bits per heavy atom. The number of pyridine rings is 1. The van der Waals surface area contributed by atoms with Crippen LogP contribution in [0.1, 0.15) is 5.82 Å². The van der Waals surface area contributed by atoms with Crippen LogP contribution in [0.4, 0.5) is 0 Å². The maximum absolute atomic E-state index is 5.49. The molecule has 5 nitrogen and oxygen atoms in total. The summed E-state index contributed by atoms with van der Waals surface area (Å²) in [6, 6.07) is 3.83. The molecule has 0 saturated heterocycles. The lowest BCUT2D eigenvalue weighted by atomic mass is 10.2. The van der Waals surface area contributed by atoms with Gasteiger partial charge in [0.25, 0.3) is 0 Å². The highest BCUT2D eigenvalue weighted by molar-refractivity contribution is 5.53. The fraction of sp³-hybridized carbons (Fsp3) is 0.300. The number of nitrogens with zero attached hydrogens (tertiary/aromatic N) is 4. The highest BCUT2D eigenvalue weighted by Gasteiger charge is 2.08. The third-order valence-electron chi connectivity index (χ3n) is 2.27. The second-order valence-electron chi connectivity index (χ2n) is 3.27. The van der Waals surface area contributed by atoms with Crippen LogP contribution in [0.3, 0.4) is 0 Å². The Hall–Kier alpha value is -1.75. The SMILES string of the molecule is Cn1c(CCN)nnc1-c1ccncc1. The molecule has 2 rings (SSSR count). The monoisotopic (exact) mass is 203 g/mol. The molecule has 2 aromatic rings. The molecule has 0 amide bonds. The summed E-state index contributed by atoms with van der Waals surface area (Å²) in [4.78, 5) is 3.97. The molecule has 5 heteroatoms. The van der Waals surface area contributed by atoms with Crippen LogP contribution in [0.2, 0.25) is 0 Å². The van der Waals surface area contributed by atoms with Crippen molar-refractivity contribution < 1.29 is 0 Å². The highest BCUT2D eigenvalue weighted by Crippen LogP contribution is 2.15. The van der Waals surface area contributed by atoms with E-state index in [-0.39, 0.29) is 0 Å². The average molecular weight is 203 g/mol. The molecule has 0 aromatic carbocycles. The first-order valence-corrected chi connectivity index (χ1v) is 4.81. The summed E-state index contributed by atoms with van der Waals surface area (Å²) in [6.07, 6.45) is 4.23. The van der Waals surface area contributed by atoms with Crippen LogP contribution in [-0.4, -0.2) is 26.3 Å². The van der Waals surface area contributed by atoms with Gasteiger partial charge >= 0.3 is 0 Å². The van der Waals surface area contributed by atoms with Crippen molar-refractivity contribution in [2.45, 2.75) is 6.42 Å². The molecule has 15 heavy (non-hydrogen) atoms. The van der Waals surface area contributed by atoms with Crippen LogP contribution in [0.25, 0.3) is 11.4 Å². The van der Waals surface area contributed by atoms with E-state index < -0.39 is 0 Å². The van der Waals surface area contributed by atoms with Crippen LogP contribution >= 0.6 is 0 Å². The summed E-state index contributed by atoms with van der Waals surface area (Å²) in [5.74, 6) is 1.75. The number of rotatable bonds is 3. The topological polar surface area (TPSA) is 69.6 Å². The molecule has 0 aliphatic rings. The summed E-state index contributed by atoms with van der Waals surface area (Å²) in [6.45, 7) is 0.586. The van der Waals surface area contributed by atoms with Crippen LogP contribution in [-0.2, 0) is 13.5 Å². The van der Waals surface area contributed by atoms with Gasteiger partial charge in [0, 0.05) is 31.4 Å². The number of hydrogen-bond acceptors (Lipinski definition) is 4. The number of aromatic nitrogens is 4. The predicted octanol–water partition coefficient (Wildman–Crippen LogP) is 0.378. The van der Waals surface area contributed by atoms with Gasteiger partial charge in [-0.1, -0.05) is 0 Å². The Morgan fingerprint density at radius 2 is 2.00 bits per heavy atom. The molecule has 0 atom stereocenters. The molecule has 0 unspecified atom stereocenters. The quantitative estimate of drug-likeness (QED) is 0.782. The average Bonchev–Trinajstić information content (AvgIpc) is 2.63. The third-order valence-corrected chi connectivity index (χ3v) is 2.27. The van der Waals surface area contributed by atoms with E-state index in [0.717, 1.165) is 23.6 Å². The molecular formula is C10H13N5. The Balaban J connectivity index is 2.38. The molecule has 78 valence electrons. The summed E-state index contributed by atoms with van der Waals surface area (Å²) in [5, 5.41) is 8.23. The van der Waals surface area contributed by atoms with Gasteiger partial charge in [0.15, 0.2) is 5.82 Å². The van der Waals surface area contributed by atoms with Crippen LogP contribution in [0.15, 0.2) is 24.5 Å². The minimum absolute atomic E-state index is 0.586. The summed E-state index contributed by atoms with van der Waals surface area (Å²) in [5.41, 5.74) is 6.50. The van der Waals surface area contributed by atoms with Gasteiger partial charge in [-0.25, -0.2) is 0 Å². The molecule has 0 saturated carbocycles. The van der Waals surface area contributed by atoms with Crippen molar-refractivity contribution in [3.8, 4) is 11.4 Å². The van der Waals surface area contributed by atoms with Gasteiger partial charge in [-0.2, -0.15) is 0 Å². The fourth-order valence-electron chi connectivity index (χ4n) is 1.46. The zero-order valence-electron chi connectivity index (χ0n) is 8.59. The molecule has 0 aliphatic heterocycles. The first-order valence-electron chi connectivity index (χ1n) is 4.81. The summed E-state index contributed by atoms with van der Waals surface area (Å²) >= 11 is 0. The lowest BCUT2D eigenvalue weighted by Crippen LogP contribution is -2.08. The van der Waals surface area contributed by atoms with E-state index in [1.165, 1.54) is 0 Å². The standard InChI is InChI=1S/C10H13N5/c1-15-9(2-5-11)13-14-10(15)8-3-6-12-7-4-8/h3-4,6-7H,2,5,11H2,1H3. The summed E-state index contributed by atoms with van der Waals surface area (Å²) < 4.78 is 1.96. The molecule has 0 radical (unpaired) electrons. The normalized spacial score (nSPS) is 10.5. The highest BCUT2D eigenvalue weighted by atomic mass is 15.3. The maximum atomic E-state index is 5.49. The van der Waals surface area contributed by atoms with E-state index in [1.807, 2.05) is 23.7 Å². The smallest absolute Gasteiger partial charge is 0.163 e. The van der Waals surface area contributed by atoms with Crippen molar-refractivity contribution in [2.75, 3.05) is 6.54 Å². The fourth-order valence-corrected chi connectivity index (χ4v) is 1.46. The second kappa shape index (κ2) is 4.18. The first-order chi connectivity index (χ1) is 7.33. The Bertz CT molecular complexity index is 434. The third kappa shape index (κ3) is 1.87. The lowest BCUT2D eigenvalue weighted by Gasteiger charge is -2.02. The second-order valence-corrected chi connectivity index (χ2v) is 3.27. The lowest BCUT2D eigenvalue weighted by molar-refractivity contribution is 0.780. The van der Waals surface area contributed by atoms with E-state index in [1.54, 1.807) is 12.4 Å². The zero-order valence-corrected chi connectivity index (χ0v) is 8.59. The zero-order chi connectivity index (χ0) is 10.7. The van der Waals surface area contributed by atoms with Crippen molar-refractivity contribution in [2.24, 2.45) is 12.8 Å². The molecule has 2 heterocycles. The molecule has 0 bridgehead atoms. The van der Waals surface area contributed by atoms with E-state index in [0.29, 0.717) is 6.54 Å². The van der Waals surface area contributed by atoms with Gasteiger partial charge in [-0.05, 0) is 18.7 Å². The van der Waals surface area contributed by atoms with Crippen molar-refractivity contribution in [3.05, 3.63) is 30.4 Å². The number of hydrogen-bond donors (Lipinski definition) is 1. The maximum Gasteiger partial charge on any atom is 0.163 e. The van der Waals surface area contributed by atoms with Gasteiger partial charge < -0.3 is 10.3 Å². The number of nitrogens with two attached hydrogens (primary N) is 1. The van der Waals surface area contributed by atoms with Crippen molar-refractivity contribution in [1.29, 1.82) is 0 Å². The van der Waals surface area contributed by atoms with E-state index >= 15 is 0 Å². The van der Waals surface area contributed by atoms with Crippen LogP contribution < -0.4 is 5.73 Å². The van der Waals surface area contributed by atoms with Crippen molar-refractivity contribution in [1.82, 2.24) is 19.7 Å².